The van der Waals surface area contributed by atoms with E-state index in [1.165, 1.54) is 12.8 Å². The van der Waals surface area contributed by atoms with Crippen LogP contribution in [0.3, 0.4) is 0 Å². The number of amides is 2. The van der Waals surface area contributed by atoms with Crippen LogP contribution in [-0.2, 0) is 9.59 Å². The maximum atomic E-state index is 13.0. The van der Waals surface area contributed by atoms with Crippen molar-refractivity contribution < 1.29 is 14.3 Å². The number of carbonyl (C=O) groups is 2. The summed E-state index contributed by atoms with van der Waals surface area (Å²) in [5.41, 5.74) is 2.98. The highest BCUT2D eigenvalue weighted by Crippen LogP contribution is 2.24. The van der Waals surface area contributed by atoms with Gasteiger partial charge in [-0.25, -0.2) is 0 Å². The summed E-state index contributed by atoms with van der Waals surface area (Å²) >= 11 is 0. The van der Waals surface area contributed by atoms with Gasteiger partial charge in [-0.15, -0.1) is 0 Å². The van der Waals surface area contributed by atoms with E-state index in [1.54, 1.807) is 0 Å². The van der Waals surface area contributed by atoms with Crippen molar-refractivity contribution in [3.63, 3.8) is 0 Å². The molecule has 2 atom stereocenters. The SMILES string of the molecule is CC[C@@H](C)[C@H](NC(=O)COc1ccc(C)cc1)C(=O)Nc1cccc(N2CCCC2)c1. The van der Waals surface area contributed by atoms with E-state index in [9.17, 15) is 9.59 Å². The Labute approximate surface area is 185 Å². The van der Waals surface area contributed by atoms with Crippen molar-refractivity contribution in [2.75, 3.05) is 29.9 Å². The molecule has 1 heterocycles. The molecule has 0 unspecified atom stereocenters. The zero-order chi connectivity index (χ0) is 22.2. The van der Waals surface area contributed by atoms with E-state index in [0.29, 0.717) is 5.75 Å². The molecule has 0 saturated carbocycles. The van der Waals surface area contributed by atoms with Gasteiger partial charge in [0.05, 0.1) is 0 Å². The van der Waals surface area contributed by atoms with Crippen LogP contribution in [0.2, 0.25) is 0 Å². The lowest BCUT2D eigenvalue weighted by Crippen LogP contribution is -2.49. The molecular formula is C25H33N3O3. The smallest absolute Gasteiger partial charge is 0.258 e. The number of rotatable bonds is 9. The fraction of sp³-hybridized carbons (Fsp3) is 0.440. The maximum Gasteiger partial charge on any atom is 0.258 e. The van der Waals surface area contributed by atoms with Crippen LogP contribution >= 0.6 is 0 Å². The monoisotopic (exact) mass is 423 g/mol. The highest BCUT2D eigenvalue weighted by atomic mass is 16.5. The number of benzene rings is 2. The van der Waals surface area contributed by atoms with E-state index in [0.717, 1.165) is 36.4 Å². The van der Waals surface area contributed by atoms with Crippen molar-refractivity contribution in [1.82, 2.24) is 5.32 Å². The van der Waals surface area contributed by atoms with Crippen LogP contribution < -0.4 is 20.3 Å². The molecule has 6 heteroatoms. The van der Waals surface area contributed by atoms with Gasteiger partial charge in [0.1, 0.15) is 11.8 Å². The molecule has 2 amide bonds. The molecule has 31 heavy (non-hydrogen) atoms. The van der Waals surface area contributed by atoms with Crippen LogP contribution in [0.4, 0.5) is 11.4 Å². The van der Waals surface area contributed by atoms with Crippen LogP contribution in [-0.4, -0.2) is 37.6 Å². The second-order valence-electron chi connectivity index (χ2n) is 8.27. The van der Waals surface area contributed by atoms with E-state index >= 15 is 0 Å². The van der Waals surface area contributed by atoms with Gasteiger partial charge < -0.3 is 20.3 Å². The Morgan fingerprint density at radius 2 is 1.81 bits per heavy atom. The summed E-state index contributed by atoms with van der Waals surface area (Å²) in [6, 6.07) is 14.8. The predicted molar refractivity (Wildman–Crippen MR) is 125 cm³/mol. The molecule has 6 nitrogen and oxygen atoms in total. The number of carbonyl (C=O) groups excluding carboxylic acids is 2. The minimum absolute atomic E-state index is 0.00918. The molecule has 1 aliphatic rings. The van der Waals surface area contributed by atoms with Crippen LogP contribution in [0, 0.1) is 12.8 Å². The fourth-order valence-electron chi connectivity index (χ4n) is 3.68. The third kappa shape index (κ3) is 6.48. The molecule has 2 aromatic rings. The van der Waals surface area contributed by atoms with E-state index < -0.39 is 6.04 Å². The van der Waals surface area contributed by atoms with Crippen molar-refractivity contribution in [3.05, 3.63) is 54.1 Å². The molecule has 0 radical (unpaired) electrons. The van der Waals surface area contributed by atoms with E-state index in [1.807, 2.05) is 63.2 Å². The molecule has 166 valence electrons. The Hall–Kier alpha value is -3.02. The Morgan fingerprint density at radius 1 is 1.10 bits per heavy atom. The Balaban J connectivity index is 1.60. The number of aryl methyl sites for hydroxylation is 1. The number of hydrogen-bond acceptors (Lipinski definition) is 4. The van der Waals surface area contributed by atoms with Crippen LogP contribution in [0.15, 0.2) is 48.5 Å². The largest absolute Gasteiger partial charge is 0.484 e. The molecule has 1 fully saturated rings. The van der Waals surface area contributed by atoms with Gasteiger partial charge in [-0.1, -0.05) is 44.0 Å². The molecule has 3 rings (SSSR count). The first-order valence-electron chi connectivity index (χ1n) is 11.1. The van der Waals surface area contributed by atoms with Gasteiger partial charge in [-0.05, 0) is 56.0 Å². The van der Waals surface area contributed by atoms with Gasteiger partial charge in [0.2, 0.25) is 5.91 Å². The topological polar surface area (TPSA) is 70.7 Å². The van der Waals surface area contributed by atoms with E-state index in [-0.39, 0.29) is 24.3 Å². The molecule has 1 aliphatic heterocycles. The number of ether oxygens (including phenoxy) is 1. The fourth-order valence-corrected chi connectivity index (χ4v) is 3.68. The van der Waals surface area contributed by atoms with E-state index in [2.05, 4.69) is 21.6 Å². The molecule has 0 spiro atoms. The summed E-state index contributed by atoms with van der Waals surface area (Å²) in [4.78, 5) is 27.8. The molecule has 0 aliphatic carbocycles. The first-order valence-corrected chi connectivity index (χ1v) is 11.1. The van der Waals surface area contributed by atoms with Crippen molar-refractivity contribution in [2.24, 2.45) is 5.92 Å². The highest BCUT2D eigenvalue weighted by molar-refractivity contribution is 5.97. The van der Waals surface area contributed by atoms with Gasteiger partial charge >= 0.3 is 0 Å². The lowest BCUT2D eigenvalue weighted by Gasteiger charge is -2.24. The van der Waals surface area contributed by atoms with Gasteiger partial charge in [0.15, 0.2) is 6.61 Å². The summed E-state index contributed by atoms with van der Waals surface area (Å²) in [5.74, 6) is 0.0950. The number of nitrogens with one attached hydrogen (secondary N) is 2. The van der Waals surface area contributed by atoms with Crippen LogP contribution in [0.25, 0.3) is 0 Å². The molecule has 0 aromatic heterocycles. The molecular weight excluding hydrogens is 390 g/mol. The van der Waals surface area contributed by atoms with Gasteiger partial charge in [0, 0.05) is 24.5 Å². The second kappa shape index (κ2) is 10.8. The molecule has 2 N–H and O–H groups in total. The third-order valence-electron chi connectivity index (χ3n) is 5.79. The summed E-state index contributed by atoms with van der Waals surface area (Å²) in [5, 5.41) is 5.84. The highest BCUT2D eigenvalue weighted by Gasteiger charge is 2.26. The van der Waals surface area contributed by atoms with Gasteiger partial charge in [0.25, 0.3) is 5.91 Å². The van der Waals surface area contributed by atoms with Crippen molar-refractivity contribution in [1.29, 1.82) is 0 Å². The number of nitrogens with zero attached hydrogens (tertiary/aromatic N) is 1. The normalized spacial score (nSPS) is 15.3. The van der Waals surface area contributed by atoms with Crippen molar-refractivity contribution in [2.45, 2.75) is 46.1 Å². The molecule has 0 bridgehead atoms. The first kappa shape index (κ1) is 22.7. The summed E-state index contributed by atoms with van der Waals surface area (Å²) in [6.07, 6.45) is 3.16. The summed E-state index contributed by atoms with van der Waals surface area (Å²) < 4.78 is 5.56. The van der Waals surface area contributed by atoms with Crippen molar-refractivity contribution in [3.8, 4) is 5.75 Å². The van der Waals surface area contributed by atoms with E-state index in [4.69, 9.17) is 4.74 Å². The quantitative estimate of drug-likeness (QED) is 0.636. The standard InChI is InChI=1S/C25H33N3O3/c1-4-19(3)24(27-23(29)17-31-22-12-10-18(2)11-13-22)25(30)26-20-8-7-9-21(16-20)28-14-5-6-15-28/h7-13,16,19,24H,4-6,14-15,17H2,1-3H3,(H,26,30)(H,27,29)/t19-,24+/m1/s1. The first-order chi connectivity index (χ1) is 15.0. The summed E-state index contributed by atoms with van der Waals surface area (Å²) in [6.45, 7) is 7.92. The average molecular weight is 424 g/mol. The Kier molecular flexibility index (Phi) is 7.93. The van der Waals surface area contributed by atoms with Crippen LogP contribution in [0.5, 0.6) is 5.75 Å². The minimum atomic E-state index is -0.630. The minimum Gasteiger partial charge on any atom is -0.484 e. The zero-order valence-corrected chi connectivity index (χ0v) is 18.7. The molecule has 2 aromatic carbocycles. The summed E-state index contributed by atoms with van der Waals surface area (Å²) in [7, 11) is 0. The average Bonchev–Trinajstić information content (AvgIpc) is 3.32. The lowest BCUT2D eigenvalue weighted by molar-refractivity contribution is -0.128. The predicted octanol–water partition coefficient (Wildman–Crippen LogP) is 4.14. The Morgan fingerprint density at radius 3 is 2.48 bits per heavy atom. The van der Waals surface area contributed by atoms with Crippen LogP contribution in [0.1, 0.15) is 38.7 Å². The lowest BCUT2D eigenvalue weighted by atomic mass is 9.98. The maximum absolute atomic E-state index is 13.0. The van der Waals surface area contributed by atoms with Gasteiger partial charge in [-0.3, -0.25) is 9.59 Å². The number of anilines is 2. The van der Waals surface area contributed by atoms with Gasteiger partial charge in [-0.2, -0.15) is 0 Å². The number of hydrogen-bond donors (Lipinski definition) is 2. The third-order valence-corrected chi connectivity index (χ3v) is 5.79. The van der Waals surface area contributed by atoms with Crippen molar-refractivity contribution >= 4 is 23.2 Å². The second-order valence-corrected chi connectivity index (χ2v) is 8.27. The zero-order valence-electron chi connectivity index (χ0n) is 18.7. The molecule has 1 saturated heterocycles. The Bertz CT molecular complexity index is 876.